The van der Waals surface area contributed by atoms with Crippen LogP contribution >= 0.6 is 12.6 Å². The van der Waals surface area contributed by atoms with Gasteiger partial charge in [-0.05, 0) is 30.7 Å². The molecule has 0 aliphatic heterocycles. The Hall–Kier alpha value is -0.630. The summed E-state index contributed by atoms with van der Waals surface area (Å²) in [6.45, 7) is 3.13. The maximum atomic E-state index is 5.75. The molecule has 1 aromatic rings. The largest absolute Gasteiger partial charge is 0.494 e. The lowest BCUT2D eigenvalue weighted by Gasteiger charge is -2.06. The van der Waals surface area contributed by atoms with E-state index >= 15 is 0 Å². The number of ether oxygens (including phenoxy) is 1. The molecule has 2 heteroatoms. The number of hydrogen-bond acceptors (Lipinski definition) is 2. The van der Waals surface area contributed by atoms with Gasteiger partial charge in [0.1, 0.15) is 5.75 Å². The maximum absolute atomic E-state index is 5.75. The van der Waals surface area contributed by atoms with Gasteiger partial charge in [-0.3, -0.25) is 0 Å². The van der Waals surface area contributed by atoms with E-state index in [0.29, 0.717) is 0 Å². The van der Waals surface area contributed by atoms with Crippen LogP contribution in [0.2, 0.25) is 0 Å². The van der Waals surface area contributed by atoms with Gasteiger partial charge >= 0.3 is 0 Å². The molecule has 26 heavy (non-hydrogen) atoms. The van der Waals surface area contributed by atoms with Crippen molar-refractivity contribution in [2.75, 3.05) is 6.61 Å². The molecule has 0 unspecified atom stereocenters. The summed E-state index contributed by atoms with van der Waals surface area (Å²) in [7, 11) is 0. The van der Waals surface area contributed by atoms with Gasteiger partial charge in [-0.1, -0.05) is 103 Å². The number of hydrogen-bond donors (Lipinski definition) is 1. The van der Waals surface area contributed by atoms with Gasteiger partial charge in [0, 0.05) is 4.90 Å². The van der Waals surface area contributed by atoms with Crippen molar-refractivity contribution in [3.05, 3.63) is 24.3 Å². The monoisotopic (exact) mass is 378 g/mol. The van der Waals surface area contributed by atoms with Gasteiger partial charge in [0.05, 0.1) is 6.61 Å². The summed E-state index contributed by atoms with van der Waals surface area (Å²) in [5, 5.41) is 0. The van der Waals surface area contributed by atoms with Crippen LogP contribution in [0.15, 0.2) is 29.2 Å². The second kappa shape index (κ2) is 17.8. The van der Waals surface area contributed by atoms with Gasteiger partial charge in [-0.25, -0.2) is 0 Å². The highest BCUT2D eigenvalue weighted by Crippen LogP contribution is 2.16. The third-order valence-electron chi connectivity index (χ3n) is 5.10. The van der Waals surface area contributed by atoms with Crippen LogP contribution in [-0.2, 0) is 0 Å². The Morgan fingerprint density at radius 3 is 1.38 bits per heavy atom. The summed E-state index contributed by atoms with van der Waals surface area (Å²) >= 11 is 4.28. The smallest absolute Gasteiger partial charge is 0.119 e. The predicted molar refractivity (Wildman–Crippen MR) is 119 cm³/mol. The topological polar surface area (TPSA) is 9.23 Å². The summed E-state index contributed by atoms with van der Waals surface area (Å²) in [5.41, 5.74) is 0. The molecule has 0 spiro atoms. The van der Waals surface area contributed by atoms with Gasteiger partial charge in [0.15, 0.2) is 0 Å². The maximum Gasteiger partial charge on any atom is 0.119 e. The molecule has 0 bridgehead atoms. The molecule has 0 saturated carbocycles. The number of unbranched alkanes of at least 4 members (excludes halogenated alkanes) is 15. The molecule has 0 fully saturated rings. The zero-order valence-electron chi connectivity index (χ0n) is 17.2. The molecule has 1 aromatic carbocycles. The van der Waals surface area contributed by atoms with Crippen molar-refractivity contribution in [2.45, 2.75) is 115 Å². The molecule has 0 radical (unpaired) electrons. The standard InChI is InChI=1S/C24H42OS/c1-2-3-4-5-6-7-8-9-10-11-12-13-14-15-16-17-22-25-23-18-20-24(26)21-19-23/h18-21,26H,2-17,22H2,1H3. The van der Waals surface area contributed by atoms with Crippen molar-refractivity contribution in [3.63, 3.8) is 0 Å². The van der Waals surface area contributed by atoms with Crippen molar-refractivity contribution in [2.24, 2.45) is 0 Å². The molecule has 1 rings (SSSR count). The Morgan fingerprint density at radius 1 is 0.577 bits per heavy atom. The van der Waals surface area contributed by atoms with E-state index in [1.54, 1.807) is 0 Å². The minimum Gasteiger partial charge on any atom is -0.494 e. The highest BCUT2D eigenvalue weighted by molar-refractivity contribution is 7.80. The highest BCUT2D eigenvalue weighted by Gasteiger charge is 1.96. The lowest BCUT2D eigenvalue weighted by atomic mass is 10.0. The van der Waals surface area contributed by atoms with E-state index < -0.39 is 0 Å². The fourth-order valence-corrected chi connectivity index (χ4v) is 3.53. The van der Waals surface area contributed by atoms with Gasteiger partial charge < -0.3 is 4.74 Å². The summed E-state index contributed by atoms with van der Waals surface area (Å²) in [5.74, 6) is 0.962. The van der Waals surface area contributed by atoms with Crippen LogP contribution in [0, 0.1) is 0 Å². The molecular formula is C24H42OS. The fraction of sp³-hybridized carbons (Fsp3) is 0.750. The number of rotatable bonds is 18. The Morgan fingerprint density at radius 2 is 0.962 bits per heavy atom. The third-order valence-corrected chi connectivity index (χ3v) is 5.40. The van der Waals surface area contributed by atoms with Crippen LogP contribution in [0.3, 0.4) is 0 Å². The molecule has 1 nitrogen and oxygen atoms in total. The van der Waals surface area contributed by atoms with E-state index in [1.165, 1.54) is 103 Å². The van der Waals surface area contributed by atoms with Crippen molar-refractivity contribution in [1.29, 1.82) is 0 Å². The minimum atomic E-state index is 0.838. The Labute approximate surface area is 168 Å². The van der Waals surface area contributed by atoms with Crippen LogP contribution in [-0.4, -0.2) is 6.61 Å². The fourth-order valence-electron chi connectivity index (χ4n) is 3.38. The molecular weight excluding hydrogens is 336 g/mol. The molecule has 0 amide bonds. The lowest BCUT2D eigenvalue weighted by molar-refractivity contribution is 0.304. The molecule has 150 valence electrons. The predicted octanol–water partition coefficient (Wildman–Crippen LogP) is 8.62. The average Bonchev–Trinajstić information content (AvgIpc) is 2.66. The van der Waals surface area contributed by atoms with Gasteiger partial charge in [-0.15, -0.1) is 12.6 Å². The van der Waals surface area contributed by atoms with Crippen molar-refractivity contribution in [3.8, 4) is 5.75 Å². The first-order chi connectivity index (χ1) is 12.8. The lowest BCUT2D eigenvalue weighted by Crippen LogP contribution is -1.97. The van der Waals surface area contributed by atoms with Crippen LogP contribution in [0.5, 0.6) is 5.75 Å². The molecule has 0 aromatic heterocycles. The number of thiol groups is 1. The van der Waals surface area contributed by atoms with Gasteiger partial charge in [-0.2, -0.15) is 0 Å². The second-order valence-electron chi connectivity index (χ2n) is 7.65. The summed E-state index contributed by atoms with van der Waals surface area (Å²) < 4.78 is 5.75. The van der Waals surface area contributed by atoms with Crippen LogP contribution < -0.4 is 4.74 Å². The zero-order chi connectivity index (χ0) is 18.7. The highest BCUT2D eigenvalue weighted by atomic mass is 32.1. The van der Waals surface area contributed by atoms with Crippen LogP contribution in [0.1, 0.15) is 110 Å². The molecule has 0 saturated heterocycles. The molecule has 0 N–H and O–H groups in total. The number of benzene rings is 1. The van der Waals surface area contributed by atoms with E-state index in [1.807, 2.05) is 24.3 Å². The Balaban J connectivity index is 1.72. The first-order valence-electron chi connectivity index (χ1n) is 11.2. The summed E-state index contributed by atoms with van der Waals surface area (Å²) in [4.78, 5) is 0.986. The SMILES string of the molecule is CCCCCCCCCCCCCCCCCCOc1ccc(S)cc1. The first kappa shape index (κ1) is 23.4. The van der Waals surface area contributed by atoms with Gasteiger partial charge in [0.2, 0.25) is 0 Å². The molecule has 0 heterocycles. The normalized spacial score (nSPS) is 11.0. The zero-order valence-corrected chi connectivity index (χ0v) is 18.1. The summed E-state index contributed by atoms with van der Waals surface area (Å²) in [6.07, 6.45) is 22.5. The second-order valence-corrected chi connectivity index (χ2v) is 8.16. The Bertz CT molecular complexity index is 401. The van der Waals surface area contributed by atoms with Crippen molar-refractivity contribution < 1.29 is 4.74 Å². The quantitative estimate of drug-likeness (QED) is 0.199. The average molecular weight is 379 g/mol. The van der Waals surface area contributed by atoms with Crippen LogP contribution in [0.25, 0.3) is 0 Å². The van der Waals surface area contributed by atoms with Crippen molar-refractivity contribution in [1.82, 2.24) is 0 Å². The van der Waals surface area contributed by atoms with Crippen LogP contribution in [0.4, 0.5) is 0 Å². The van der Waals surface area contributed by atoms with E-state index in [-0.39, 0.29) is 0 Å². The summed E-state index contributed by atoms with van der Waals surface area (Å²) in [6, 6.07) is 7.95. The first-order valence-corrected chi connectivity index (χ1v) is 11.7. The van der Waals surface area contributed by atoms with E-state index in [2.05, 4.69) is 19.6 Å². The van der Waals surface area contributed by atoms with Crippen molar-refractivity contribution >= 4 is 12.6 Å². The van der Waals surface area contributed by atoms with E-state index in [4.69, 9.17) is 4.74 Å². The molecule has 0 aliphatic carbocycles. The molecule has 0 atom stereocenters. The third kappa shape index (κ3) is 14.5. The van der Waals surface area contributed by atoms with E-state index in [9.17, 15) is 0 Å². The molecule has 0 aliphatic rings. The van der Waals surface area contributed by atoms with Gasteiger partial charge in [0.25, 0.3) is 0 Å². The minimum absolute atomic E-state index is 0.838. The van der Waals surface area contributed by atoms with E-state index in [0.717, 1.165) is 17.3 Å². The Kier molecular flexibility index (Phi) is 16.0.